The summed E-state index contributed by atoms with van der Waals surface area (Å²) in [6.45, 7) is 3.34. The fourth-order valence-corrected chi connectivity index (χ4v) is 3.74. The first kappa shape index (κ1) is 21.9. The number of guanidine groups is 1. The predicted octanol–water partition coefficient (Wildman–Crippen LogP) is 2.71. The summed E-state index contributed by atoms with van der Waals surface area (Å²) < 4.78 is 22.2. The number of benzene rings is 1. The van der Waals surface area contributed by atoms with Gasteiger partial charge in [-0.2, -0.15) is 0 Å². The Hall–Kier alpha value is -1.42. The van der Waals surface area contributed by atoms with E-state index in [2.05, 4.69) is 17.6 Å². The van der Waals surface area contributed by atoms with E-state index < -0.39 is 0 Å². The molecule has 2 saturated heterocycles. The molecule has 2 heterocycles. The smallest absolute Gasteiger partial charge is 0.203 e. The lowest BCUT2D eigenvalue weighted by Crippen LogP contribution is -2.47. The number of nitrogens with zero attached hydrogens (tertiary/aromatic N) is 1. The van der Waals surface area contributed by atoms with Crippen molar-refractivity contribution in [2.24, 2.45) is 4.99 Å². The average Bonchev–Trinajstić information content (AvgIpc) is 3.28. The van der Waals surface area contributed by atoms with Crippen molar-refractivity contribution in [1.82, 2.24) is 10.6 Å². The highest BCUT2D eigenvalue weighted by Gasteiger charge is 2.41. The Balaban J connectivity index is 0.00000261. The molecule has 2 aliphatic heterocycles. The minimum Gasteiger partial charge on any atom is -0.493 e. The molecule has 1 aromatic rings. The Morgan fingerprint density at radius 2 is 1.93 bits per heavy atom. The summed E-state index contributed by atoms with van der Waals surface area (Å²) in [6.07, 6.45) is 4.07. The molecule has 2 aliphatic rings. The molecule has 3 atom stereocenters. The van der Waals surface area contributed by atoms with Crippen molar-refractivity contribution in [2.75, 3.05) is 27.9 Å². The van der Waals surface area contributed by atoms with Crippen molar-refractivity contribution in [1.29, 1.82) is 0 Å². The van der Waals surface area contributed by atoms with Gasteiger partial charge in [-0.05, 0) is 38.3 Å². The summed E-state index contributed by atoms with van der Waals surface area (Å²) >= 11 is 0. The van der Waals surface area contributed by atoms with E-state index >= 15 is 0 Å². The molecule has 0 aromatic heterocycles. The molecule has 27 heavy (non-hydrogen) atoms. The molecule has 7 nitrogen and oxygen atoms in total. The number of halogens is 1. The predicted molar refractivity (Wildman–Crippen MR) is 116 cm³/mol. The fourth-order valence-electron chi connectivity index (χ4n) is 3.74. The van der Waals surface area contributed by atoms with Gasteiger partial charge >= 0.3 is 0 Å². The van der Waals surface area contributed by atoms with Crippen LogP contribution in [0.25, 0.3) is 0 Å². The summed E-state index contributed by atoms with van der Waals surface area (Å²) in [5, 5.41) is 6.84. The van der Waals surface area contributed by atoms with Gasteiger partial charge in [0, 0.05) is 12.1 Å². The largest absolute Gasteiger partial charge is 0.493 e. The molecule has 0 aliphatic carbocycles. The van der Waals surface area contributed by atoms with Crippen LogP contribution in [-0.4, -0.2) is 52.1 Å². The second-order valence-corrected chi connectivity index (χ2v) is 6.55. The summed E-state index contributed by atoms with van der Waals surface area (Å²) in [6, 6.07) is 4.16. The minimum atomic E-state index is 0. The lowest BCUT2D eigenvalue weighted by Gasteiger charge is -2.22. The molecule has 2 bridgehead atoms. The third kappa shape index (κ3) is 4.90. The molecule has 0 amide bonds. The Bertz CT molecular complexity index is 656. The molecule has 1 aromatic carbocycles. The first-order valence-corrected chi connectivity index (χ1v) is 9.18. The first-order valence-electron chi connectivity index (χ1n) is 9.18. The van der Waals surface area contributed by atoms with Crippen LogP contribution in [0.2, 0.25) is 0 Å². The second kappa shape index (κ2) is 10.2. The minimum absolute atomic E-state index is 0. The summed E-state index contributed by atoms with van der Waals surface area (Å²) in [5.41, 5.74) is 0.937. The van der Waals surface area contributed by atoms with Crippen LogP contribution in [0.15, 0.2) is 17.1 Å². The van der Waals surface area contributed by atoms with Crippen LogP contribution in [0.3, 0.4) is 0 Å². The summed E-state index contributed by atoms with van der Waals surface area (Å²) in [7, 11) is 4.84. The number of nitrogens with one attached hydrogen (secondary N) is 2. The zero-order valence-corrected chi connectivity index (χ0v) is 18.7. The van der Waals surface area contributed by atoms with Crippen molar-refractivity contribution in [2.45, 2.75) is 51.0 Å². The van der Waals surface area contributed by atoms with E-state index in [9.17, 15) is 0 Å². The van der Waals surface area contributed by atoms with Crippen LogP contribution in [0.1, 0.15) is 31.7 Å². The van der Waals surface area contributed by atoms with Gasteiger partial charge in [0.05, 0.1) is 46.1 Å². The number of hydrogen-bond acceptors (Lipinski definition) is 5. The van der Waals surface area contributed by atoms with Crippen molar-refractivity contribution < 1.29 is 18.9 Å². The monoisotopic (exact) mass is 491 g/mol. The van der Waals surface area contributed by atoms with Crippen LogP contribution in [0, 0.1) is 0 Å². The van der Waals surface area contributed by atoms with E-state index in [1.165, 1.54) is 6.42 Å². The molecule has 2 N–H and O–H groups in total. The molecule has 3 unspecified atom stereocenters. The molecule has 152 valence electrons. The van der Waals surface area contributed by atoms with E-state index in [-0.39, 0.29) is 24.0 Å². The Morgan fingerprint density at radius 3 is 2.48 bits per heavy atom. The van der Waals surface area contributed by atoms with E-state index in [1.807, 2.05) is 12.1 Å². The van der Waals surface area contributed by atoms with Crippen LogP contribution in [0.5, 0.6) is 17.2 Å². The molecule has 3 rings (SSSR count). The van der Waals surface area contributed by atoms with Crippen molar-refractivity contribution in [3.05, 3.63) is 17.7 Å². The number of methoxy groups -OCH3 is 3. The lowest BCUT2D eigenvalue weighted by atomic mass is 9.96. The van der Waals surface area contributed by atoms with Gasteiger partial charge in [-0.1, -0.05) is 0 Å². The summed E-state index contributed by atoms with van der Waals surface area (Å²) in [4.78, 5) is 4.73. The van der Waals surface area contributed by atoms with Crippen LogP contribution in [-0.2, 0) is 11.3 Å². The molecule has 8 heteroatoms. The van der Waals surface area contributed by atoms with Crippen LogP contribution >= 0.6 is 24.0 Å². The maximum Gasteiger partial charge on any atom is 0.203 e. The molecule has 0 radical (unpaired) electrons. The lowest BCUT2D eigenvalue weighted by molar-refractivity contribution is 0.0992. The molecular weight excluding hydrogens is 461 g/mol. The second-order valence-electron chi connectivity index (χ2n) is 6.55. The fraction of sp³-hybridized carbons (Fsp3) is 0.632. The highest BCUT2D eigenvalue weighted by Crippen LogP contribution is 2.40. The van der Waals surface area contributed by atoms with Gasteiger partial charge in [-0.25, -0.2) is 4.99 Å². The Kier molecular flexibility index (Phi) is 8.28. The average molecular weight is 491 g/mol. The molecule has 0 spiro atoms. The third-order valence-corrected chi connectivity index (χ3v) is 4.97. The van der Waals surface area contributed by atoms with Gasteiger partial charge in [0.15, 0.2) is 17.5 Å². The van der Waals surface area contributed by atoms with Gasteiger partial charge in [0.2, 0.25) is 5.75 Å². The number of rotatable bonds is 7. The highest BCUT2D eigenvalue weighted by atomic mass is 127. The van der Waals surface area contributed by atoms with Gasteiger partial charge in [0.25, 0.3) is 0 Å². The number of ether oxygens (including phenoxy) is 4. The molecule has 2 fully saturated rings. The van der Waals surface area contributed by atoms with E-state index in [1.54, 1.807) is 21.3 Å². The Morgan fingerprint density at radius 1 is 1.15 bits per heavy atom. The van der Waals surface area contributed by atoms with Gasteiger partial charge in [0.1, 0.15) is 0 Å². The Labute approximate surface area is 178 Å². The van der Waals surface area contributed by atoms with Gasteiger partial charge < -0.3 is 29.6 Å². The third-order valence-electron chi connectivity index (χ3n) is 4.97. The van der Waals surface area contributed by atoms with Crippen LogP contribution < -0.4 is 24.8 Å². The number of hydrogen-bond donors (Lipinski definition) is 2. The first-order chi connectivity index (χ1) is 12.7. The zero-order chi connectivity index (χ0) is 18.5. The standard InChI is InChI=1S/C19H29N3O4.HI/c1-5-20-19(22-14-10-13-7-9-15(14)26-13)21-11-12-6-8-16(23-2)18(25-4)17(12)24-3;/h6,8,13-15H,5,7,9-11H2,1-4H3,(H2,20,21,22);1H. The quantitative estimate of drug-likeness (QED) is 0.347. The summed E-state index contributed by atoms with van der Waals surface area (Å²) in [5.74, 6) is 2.67. The van der Waals surface area contributed by atoms with E-state index in [4.69, 9.17) is 23.9 Å². The SMILES string of the molecule is CCNC(=NCc1ccc(OC)c(OC)c1OC)NC1CC2CCC1O2.I. The molecular formula is C19H30IN3O4. The topological polar surface area (TPSA) is 73.3 Å². The van der Waals surface area contributed by atoms with Gasteiger partial charge in [-0.3, -0.25) is 0 Å². The van der Waals surface area contributed by atoms with E-state index in [0.717, 1.165) is 30.9 Å². The number of aliphatic imine (C=N–C) groups is 1. The van der Waals surface area contributed by atoms with Crippen LogP contribution in [0.4, 0.5) is 0 Å². The maximum atomic E-state index is 5.92. The van der Waals surface area contributed by atoms with Gasteiger partial charge in [-0.15, -0.1) is 24.0 Å². The zero-order valence-electron chi connectivity index (χ0n) is 16.4. The maximum absolute atomic E-state index is 5.92. The van der Waals surface area contributed by atoms with Crippen molar-refractivity contribution in [3.63, 3.8) is 0 Å². The van der Waals surface area contributed by atoms with E-state index in [0.29, 0.717) is 42.0 Å². The van der Waals surface area contributed by atoms with Crippen molar-refractivity contribution >= 4 is 29.9 Å². The van der Waals surface area contributed by atoms with Crippen molar-refractivity contribution in [3.8, 4) is 17.2 Å². The normalized spacial score (nSPS) is 23.6. The highest BCUT2D eigenvalue weighted by molar-refractivity contribution is 14.0. The number of fused-ring (bicyclic) bond motifs is 2. The molecule has 0 saturated carbocycles.